The molecule has 2 N–H and O–H groups in total. The van der Waals surface area contributed by atoms with Gasteiger partial charge in [-0.1, -0.05) is 13.0 Å². The molecule has 0 aliphatic heterocycles. The summed E-state index contributed by atoms with van der Waals surface area (Å²) in [7, 11) is 1.43. The number of aryl methyl sites for hydroxylation is 1. The van der Waals surface area contributed by atoms with Gasteiger partial charge in [0.1, 0.15) is 0 Å². The van der Waals surface area contributed by atoms with Gasteiger partial charge < -0.3 is 15.4 Å². The number of ether oxygens (including phenoxy) is 1. The lowest BCUT2D eigenvalue weighted by Crippen LogP contribution is -2.31. The molecule has 0 bridgehead atoms. The molecule has 1 amide bonds. The molecular weight excluding hydrogens is 247 g/mol. The van der Waals surface area contributed by atoms with Crippen molar-refractivity contribution in [3.8, 4) is 5.75 Å². The van der Waals surface area contributed by atoms with Gasteiger partial charge >= 0.3 is 0 Å². The summed E-state index contributed by atoms with van der Waals surface area (Å²) in [5.74, 6) is -0.194. The smallest absolute Gasteiger partial charge is 0.220 e. The van der Waals surface area contributed by atoms with Crippen LogP contribution in [0.15, 0.2) is 18.2 Å². The number of likely N-dealkylation sites (N-methyl/N-ethyl adjacent to an activating group) is 1. The minimum Gasteiger partial charge on any atom is -0.494 e. The molecule has 106 valence electrons. The molecule has 1 rings (SSSR count). The zero-order valence-corrected chi connectivity index (χ0v) is 11.5. The highest BCUT2D eigenvalue weighted by Gasteiger charge is 2.05. The lowest BCUT2D eigenvalue weighted by molar-refractivity contribution is -0.121. The van der Waals surface area contributed by atoms with Crippen molar-refractivity contribution in [1.82, 2.24) is 10.6 Å². The fraction of sp³-hybridized carbons (Fsp3) is 0.500. The molecule has 4 nitrogen and oxygen atoms in total. The van der Waals surface area contributed by atoms with Crippen LogP contribution in [0.25, 0.3) is 0 Å². The summed E-state index contributed by atoms with van der Waals surface area (Å²) >= 11 is 0. The van der Waals surface area contributed by atoms with Crippen molar-refractivity contribution >= 4 is 5.91 Å². The molecule has 0 saturated carbocycles. The molecule has 0 aliphatic carbocycles. The highest BCUT2D eigenvalue weighted by Crippen LogP contribution is 2.18. The van der Waals surface area contributed by atoms with Gasteiger partial charge in [-0.15, -0.1) is 0 Å². The monoisotopic (exact) mass is 268 g/mol. The summed E-state index contributed by atoms with van der Waals surface area (Å²) in [6.45, 7) is 4.28. The maximum Gasteiger partial charge on any atom is 0.220 e. The van der Waals surface area contributed by atoms with Crippen LogP contribution < -0.4 is 15.4 Å². The van der Waals surface area contributed by atoms with Crippen molar-refractivity contribution in [2.45, 2.75) is 19.8 Å². The van der Waals surface area contributed by atoms with Crippen LogP contribution in [0.3, 0.4) is 0 Å². The number of methoxy groups -OCH3 is 1. The summed E-state index contributed by atoms with van der Waals surface area (Å²) in [6.07, 6.45) is 0.881. The highest BCUT2D eigenvalue weighted by atomic mass is 19.1. The number of nitrogens with one attached hydrogen (secondary N) is 2. The molecule has 0 saturated heterocycles. The fourth-order valence-electron chi connectivity index (χ4n) is 1.68. The lowest BCUT2D eigenvalue weighted by atomic mass is 10.1. The third-order valence-corrected chi connectivity index (χ3v) is 2.73. The molecule has 1 aromatic rings. The van der Waals surface area contributed by atoms with Gasteiger partial charge in [0.15, 0.2) is 11.6 Å². The van der Waals surface area contributed by atoms with Crippen LogP contribution in [0, 0.1) is 5.82 Å². The molecule has 1 aromatic carbocycles. The van der Waals surface area contributed by atoms with E-state index in [-0.39, 0.29) is 11.7 Å². The van der Waals surface area contributed by atoms with E-state index in [1.54, 1.807) is 12.1 Å². The molecule has 0 aromatic heterocycles. The molecule has 0 radical (unpaired) electrons. The molecular formula is C14H21FN2O2. The highest BCUT2D eigenvalue weighted by molar-refractivity contribution is 5.76. The van der Waals surface area contributed by atoms with Crippen LogP contribution in [-0.4, -0.2) is 32.7 Å². The van der Waals surface area contributed by atoms with Gasteiger partial charge in [-0.3, -0.25) is 4.79 Å². The van der Waals surface area contributed by atoms with Gasteiger partial charge in [-0.25, -0.2) is 4.39 Å². The first kappa shape index (κ1) is 15.4. The van der Waals surface area contributed by atoms with Gasteiger partial charge in [-0.05, 0) is 30.7 Å². The minimum atomic E-state index is -0.396. The first-order valence-corrected chi connectivity index (χ1v) is 6.47. The number of halogens is 1. The number of hydrogen-bond acceptors (Lipinski definition) is 3. The van der Waals surface area contributed by atoms with E-state index >= 15 is 0 Å². The third-order valence-electron chi connectivity index (χ3n) is 2.73. The Morgan fingerprint density at radius 3 is 2.79 bits per heavy atom. The largest absolute Gasteiger partial charge is 0.494 e. The van der Waals surface area contributed by atoms with Crippen LogP contribution in [0.2, 0.25) is 0 Å². The Bertz CT molecular complexity index is 410. The summed E-state index contributed by atoms with van der Waals surface area (Å²) in [6, 6.07) is 4.76. The number of carbonyl (C=O) groups excluding carboxylic acids is 1. The van der Waals surface area contributed by atoms with Crippen LogP contribution in [0.4, 0.5) is 4.39 Å². The average Bonchev–Trinajstić information content (AvgIpc) is 2.41. The van der Waals surface area contributed by atoms with Gasteiger partial charge in [-0.2, -0.15) is 0 Å². The second kappa shape index (κ2) is 8.48. The number of amides is 1. The van der Waals surface area contributed by atoms with E-state index in [2.05, 4.69) is 10.6 Å². The van der Waals surface area contributed by atoms with Crippen molar-refractivity contribution < 1.29 is 13.9 Å². The molecule has 0 aliphatic rings. The zero-order chi connectivity index (χ0) is 14.1. The minimum absolute atomic E-state index is 0.0193. The Balaban J connectivity index is 2.32. The van der Waals surface area contributed by atoms with Gasteiger partial charge in [0.2, 0.25) is 5.91 Å². The maximum absolute atomic E-state index is 13.4. The Labute approximate surface area is 113 Å². The molecule has 0 spiro atoms. The number of hydrogen-bond donors (Lipinski definition) is 2. The maximum atomic E-state index is 13.4. The predicted molar refractivity (Wildman–Crippen MR) is 72.8 cm³/mol. The molecule has 19 heavy (non-hydrogen) atoms. The lowest BCUT2D eigenvalue weighted by Gasteiger charge is -2.07. The second-order valence-electron chi connectivity index (χ2n) is 4.17. The van der Waals surface area contributed by atoms with E-state index in [9.17, 15) is 9.18 Å². The van der Waals surface area contributed by atoms with Crippen molar-refractivity contribution in [3.05, 3.63) is 29.6 Å². The average molecular weight is 268 g/mol. The fourth-order valence-corrected chi connectivity index (χ4v) is 1.68. The Kier molecular flexibility index (Phi) is 6.89. The van der Waals surface area contributed by atoms with E-state index in [1.807, 2.05) is 6.92 Å². The van der Waals surface area contributed by atoms with Crippen molar-refractivity contribution in [3.63, 3.8) is 0 Å². The van der Waals surface area contributed by atoms with Gasteiger partial charge in [0, 0.05) is 19.5 Å². The number of benzene rings is 1. The predicted octanol–water partition coefficient (Wildman–Crippen LogP) is 1.49. The Hall–Kier alpha value is -1.62. The van der Waals surface area contributed by atoms with Crippen LogP contribution in [0.1, 0.15) is 18.9 Å². The topological polar surface area (TPSA) is 50.4 Å². The Morgan fingerprint density at radius 2 is 2.16 bits per heavy atom. The normalized spacial score (nSPS) is 10.3. The first-order chi connectivity index (χ1) is 9.17. The summed E-state index contributed by atoms with van der Waals surface area (Å²) < 4.78 is 18.3. The van der Waals surface area contributed by atoms with Gasteiger partial charge in [0.05, 0.1) is 7.11 Å². The van der Waals surface area contributed by atoms with Crippen molar-refractivity contribution in [2.75, 3.05) is 26.7 Å². The van der Waals surface area contributed by atoms with Gasteiger partial charge in [0.25, 0.3) is 0 Å². The number of rotatable bonds is 8. The van der Waals surface area contributed by atoms with Crippen molar-refractivity contribution in [1.29, 1.82) is 0 Å². The van der Waals surface area contributed by atoms with E-state index in [0.717, 1.165) is 18.7 Å². The third kappa shape index (κ3) is 5.70. The van der Waals surface area contributed by atoms with Crippen molar-refractivity contribution in [2.24, 2.45) is 0 Å². The van der Waals surface area contributed by atoms with Crippen LogP contribution >= 0.6 is 0 Å². The molecule has 0 fully saturated rings. The van der Waals surface area contributed by atoms with Crippen LogP contribution in [0.5, 0.6) is 5.75 Å². The summed E-state index contributed by atoms with van der Waals surface area (Å²) in [5, 5.41) is 5.92. The molecule has 5 heteroatoms. The summed E-state index contributed by atoms with van der Waals surface area (Å²) in [4.78, 5) is 11.5. The van der Waals surface area contributed by atoms with E-state index in [0.29, 0.717) is 19.4 Å². The standard InChI is InChI=1S/C14H21FN2O2/c1-3-16-8-9-17-14(18)7-5-11-4-6-13(19-2)12(15)10-11/h4,6,10,16H,3,5,7-9H2,1-2H3,(H,17,18). The SMILES string of the molecule is CCNCCNC(=O)CCc1ccc(OC)c(F)c1. The zero-order valence-electron chi connectivity index (χ0n) is 11.5. The molecule has 0 unspecified atom stereocenters. The summed E-state index contributed by atoms with van der Waals surface area (Å²) in [5.41, 5.74) is 0.792. The van der Waals surface area contributed by atoms with Crippen LogP contribution in [-0.2, 0) is 11.2 Å². The first-order valence-electron chi connectivity index (χ1n) is 6.47. The molecule has 0 atom stereocenters. The Morgan fingerprint density at radius 1 is 1.37 bits per heavy atom. The van der Waals surface area contributed by atoms with E-state index in [4.69, 9.17) is 4.74 Å². The molecule has 0 heterocycles. The number of carbonyl (C=O) groups is 1. The quantitative estimate of drug-likeness (QED) is 0.702. The second-order valence-corrected chi connectivity index (χ2v) is 4.17. The van der Waals surface area contributed by atoms with E-state index in [1.165, 1.54) is 13.2 Å². The van der Waals surface area contributed by atoms with E-state index < -0.39 is 5.82 Å².